The zero-order valence-corrected chi connectivity index (χ0v) is 10.9. The van der Waals surface area contributed by atoms with Gasteiger partial charge < -0.3 is 5.11 Å². The molecule has 0 aliphatic heterocycles. The lowest BCUT2D eigenvalue weighted by atomic mass is 9.92. The first-order chi connectivity index (χ1) is 7.91. The molecular formula is C15H20O2. The van der Waals surface area contributed by atoms with Crippen LogP contribution in [0.2, 0.25) is 0 Å². The second kappa shape index (κ2) is 5.67. The fraction of sp³-hybridized carbons (Fsp3) is 0.400. The van der Waals surface area contributed by atoms with E-state index in [9.17, 15) is 4.79 Å². The molecular weight excluding hydrogens is 212 g/mol. The van der Waals surface area contributed by atoms with Crippen LogP contribution >= 0.6 is 0 Å². The summed E-state index contributed by atoms with van der Waals surface area (Å²) in [4.78, 5) is 10.6. The summed E-state index contributed by atoms with van der Waals surface area (Å²) in [5, 5.41) is 8.70. The van der Waals surface area contributed by atoms with E-state index in [0.29, 0.717) is 11.8 Å². The van der Waals surface area contributed by atoms with Gasteiger partial charge in [-0.3, -0.25) is 0 Å². The molecule has 0 heterocycles. The minimum absolute atomic E-state index is 0.393. The Morgan fingerprint density at radius 2 is 1.82 bits per heavy atom. The molecule has 1 aromatic carbocycles. The number of carbonyl (C=O) groups is 1. The molecule has 0 aliphatic carbocycles. The second-order valence-electron chi connectivity index (χ2n) is 4.87. The van der Waals surface area contributed by atoms with Crippen molar-refractivity contribution >= 4 is 12.0 Å². The molecule has 92 valence electrons. The van der Waals surface area contributed by atoms with Crippen LogP contribution in [0.1, 0.15) is 56.2 Å². The van der Waals surface area contributed by atoms with Crippen molar-refractivity contribution in [2.75, 3.05) is 0 Å². The summed E-state index contributed by atoms with van der Waals surface area (Å²) in [7, 11) is 0. The van der Waals surface area contributed by atoms with Crippen molar-refractivity contribution in [2.45, 2.75) is 39.5 Å². The summed E-state index contributed by atoms with van der Waals surface area (Å²) in [6.45, 7) is 8.50. The van der Waals surface area contributed by atoms with Gasteiger partial charge in [0.05, 0.1) is 0 Å². The summed E-state index contributed by atoms with van der Waals surface area (Å²) in [5.74, 6) is -0.0625. The standard InChI is InChI=1S/C15H20O2/c1-10(2)12-5-7-14(11(3)4)13(9-12)6-8-15(16)17/h5-11H,1-4H3,(H,16,17). The number of aliphatic carboxylic acids is 1. The van der Waals surface area contributed by atoms with E-state index >= 15 is 0 Å². The Morgan fingerprint density at radius 3 is 2.29 bits per heavy atom. The predicted octanol–water partition coefficient (Wildman–Crippen LogP) is 4.03. The normalized spacial score (nSPS) is 11.6. The first kappa shape index (κ1) is 13.5. The van der Waals surface area contributed by atoms with Gasteiger partial charge >= 0.3 is 5.97 Å². The van der Waals surface area contributed by atoms with E-state index in [2.05, 4.69) is 45.9 Å². The van der Waals surface area contributed by atoms with Crippen molar-refractivity contribution < 1.29 is 9.90 Å². The molecule has 0 aliphatic rings. The molecule has 0 bridgehead atoms. The molecule has 0 amide bonds. The number of hydrogen-bond donors (Lipinski definition) is 1. The number of rotatable bonds is 4. The lowest BCUT2D eigenvalue weighted by molar-refractivity contribution is -0.131. The van der Waals surface area contributed by atoms with E-state index in [1.54, 1.807) is 6.08 Å². The van der Waals surface area contributed by atoms with Crippen LogP contribution in [0, 0.1) is 0 Å². The maximum atomic E-state index is 10.6. The number of hydrogen-bond acceptors (Lipinski definition) is 1. The lowest BCUT2D eigenvalue weighted by Gasteiger charge is -2.13. The molecule has 0 fully saturated rings. The Bertz CT molecular complexity index is 429. The zero-order valence-electron chi connectivity index (χ0n) is 10.9. The van der Waals surface area contributed by atoms with Crippen LogP contribution in [-0.4, -0.2) is 11.1 Å². The predicted molar refractivity (Wildman–Crippen MR) is 71.3 cm³/mol. The van der Waals surface area contributed by atoms with Crippen molar-refractivity contribution in [3.63, 3.8) is 0 Å². The Labute approximate surface area is 103 Å². The Balaban J connectivity index is 3.20. The first-order valence-electron chi connectivity index (χ1n) is 5.96. The van der Waals surface area contributed by atoms with Gasteiger partial charge in [-0.05, 0) is 34.6 Å². The summed E-state index contributed by atoms with van der Waals surface area (Å²) in [5.41, 5.74) is 3.43. The monoisotopic (exact) mass is 232 g/mol. The Kier molecular flexibility index (Phi) is 4.50. The third-order valence-electron chi connectivity index (χ3n) is 2.80. The van der Waals surface area contributed by atoms with Crippen LogP contribution in [-0.2, 0) is 4.79 Å². The minimum Gasteiger partial charge on any atom is -0.478 e. The largest absolute Gasteiger partial charge is 0.478 e. The third-order valence-corrected chi connectivity index (χ3v) is 2.80. The number of benzene rings is 1. The molecule has 0 atom stereocenters. The molecule has 0 saturated carbocycles. The van der Waals surface area contributed by atoms with Gasteiger partial charge in [-0.1, -0.05) is 45.9 Å². The van der Waals surface area contributed by atoms with E-state index in [-0.39, 0.29) is 0 Å². The molecule has 1 rings (SSSR count). The third kappa shape index (κ3) is 3.74. The lowest BCUT2D eigenvalue weighted by Crippen LogP contribution is -1.96. The van der Waals surface area contributed by atoms with Crippen molar-refractivity contribution in [1.29, 1.82) is 0 Å². The number of carboxylic acid groups (broad SMARTS) is 1. The van der Waals surface area contributed by atoms with Crippen LogP contribution in [0.3, 0.4) is 0 Å². The second-order valence-corrected chi connectivity index (χ2v) is 4.87. The molecule has 0 aromatic heterocycles. The average Bonchev–Trinajstić information content (AvgIpc) is 2.25. The highest BCUT2D eigenvalue weighted by molar-refractivity contribution is 5.85. The average molecular weight is 232 g/mol. The van der Waals surface area contributed by atoms with Gasteiger partial charge in [0.15, 0.2) is 0 Å². The SMILES string of the molecule is CC(C)c1ccc(C(C)C)c(C=CC(=O)O)c1. The van der Waals surface area contributed by atoms with Gasteiger partial charge in [0.25, 0.3) is 0 Å². The van der Waals surface area contributed by atoms with Gasteiger partial charge in [0.1, 0.15) is 0 Å². The molecule has 0 radical (unpaired) electrons. The zero-order chi connectivity index (χ0) is 13.0. The fourth-order valence-electron chi connectivity index (χ4n) is 1.78. The quantitative estimate of drug-likeness (QED) is 0.796. The molecule has 2 nitrogen and oxygen atoms in total. The number of carboxylic acids is 1. The molecule has 0 unspecified atom stereocenters. The summed E-state index contributed by atoms with van der Waals surface area (Å²) < 4.78 is 0. The van der Waals surface area contributed by atoms with Crippen LogP contribution in [0.15, 0.2) is 24.3 Å². The van der Waals surface area contributed by atoms with Crippen LogP contribution < -0.4 is 0 Å². The fourth-order valence-corrected chi connectivity index (χ4v) is 1.78. The maximum Gasteiger partial charge on any atom is 0.328 e. The van der Waals surface area contributed by atoms with Gasteiger partial charge in [-0.25, -0.2) is 4.79 Å². The van der Waals surface area contributed by atoms with Crippen LogP contribution in [0.5, 0.6) is 0 Å². The van der Waals surface area contributed by atoms with Crippen molar-refractivity contribution in [2.24, 2.45) is 0 Å². The Morgan fingerprint density at radius 1 is 1.18 bits per heavy atom. The van der Waals surface area contributed by atoms with Gasteiger partial charge in [-0.15, -0.1) is 0 Å². The molecule has 1 aromatic rings. The summed E-state index contributed by atoms with van der Waals surface area (Å²) >= 11 is 0. The van der Waals surface area contributed by atoms with Crippen LogP contribution in [0.25, 0.3) is 6.08 Å². The highest BCUT2D eigenvalue weighted by Gasteiger charge is 2.07. The molecule has 17 heavy (non-hydrogen) atoms. The topological polar surface area (TPSA) is 37.3 Å². The minimum atomic E-state index is -0.908. The van der Waals surface area contributed by atoms with E-state index in [4.69, 9.17) is 5.11 Å². The van der Waals surface area contributed by atoms with Gasteiger partial charge in [0.2, 0.25) is 0 Å². The summed E-state index contributed by atoms with van der Waals surface area (Å²) in [6.07, 6.45) is 2.88. The van der Waals surface area contributed by atoms with Gasteiger partial charge in [0, 0.05) is 6.08 Å². The first-order valence-corrected chi connectivity index (χ1v) is 5.96. The Hall–Kier alpha value is -1.57. The van der Waals surface area contributed by atoms with Crippen molar-refractivity contribution in [3.8, 4) is 0 Å². The summed E-state index contributed by atoms with van der Waals surface area (Å²) in [6, 6.07) is 6.30. The van der Waals surface area contributed by atoms with E-state index in [1.165, 1.54) is 17.2 Å². The van der Waals surface area contributed by atoms with Crippen LogP contribution in [0.4, 0.5) is 0 Å². The molecule has 0 saturated heterocycles. The van der Waals surface area contributed by atoms with Crippen molar-refractivity contribution in [1.82, 2.24) is 0 Å². The van der Waals surface area contributed by atoms with E-state index < -0.39 is 5.97 Å². The van der Waals surface area contributed by atoms with E-state index in [1.807, 2.05) is 0 Å². The highest BCUT2D eigenvalue weighted by atomic mass is 16.4. The van der Waals surface area contributed by atoms with E-state index in [0.717, 1.165) is 5.56 Å². The van der Waals surface area contributed by atoms with Crippen molar-refractivity contribution in [3.05, 3.63) is 41.0 Å². The molecule has 1 N–H and O–H groups in total. The molecule has 0 spiro atoms. The van der Waals surface area contributed by atoms with Gasteiger partial charge in [-0.2, -0.15) is 0 Å². The molecule has 2 heteroatoms. The maximum absolute atomic E-state index is 10.6. The smallest absolute Gasteiger partial charge is 0.328 e. The highest BCUT2D eigenvalue weighted by Crippen LogP contribution is 2.25.